The van der Waals surface area contributed by atoms with E-state index < -0.39 is 5.97 Å². The molecule has 0 aliphatic carbocycles. The number of carbonyl (C=O) groups is 2. The van der Waals surface area contributed by atoms with Gasteiger partial charge < -0.3 is 19.3 Å². The highest BCUT2D eigenvalue weighted by Gasteiger charge is 2.36. The van der Waals surface area contributed by atoms with Crippen molar-refractivity contribution in [1.82, 2.24) is 15.0 Å². The van der Waals surface area contributed by atoms with Crippen molar-refractivity contribution in [3.8, 4) is 11.4 Å². The van der Waals surface area contributed by atoms with Crippen LogP contribution in [-0.2, 0) is 20.7 Å². The zero-order chi connectivity index (χ0) is 17.8. The van der Waals surface area contributed by atoms with E-state index in [4.69, 9.17) is 14.4 Å². The quantitative estimate of drug-likeness (QED) is 0.798. The van der Waals surface area contributed by atoms with E-state index in [9.17, 15) is 9.59 Å². The monoisotopic (exact) mass is 365 g/mol. The number of amides is 1. The van der Waals surface area contributed by atoms with Gasteiger partial charge in [-0.25, -0.2) is 0 Å². The molecule has 25 heavy (non-hydrogen) atoms. The van der Waals surface area contributed by atoms with Crippen LogP contribution in [0.2, 0.25) is 0 Å². The number of hydrogen-bond donors (Lipinski definition) is 1. The van der Waals surface area contributed by atoms with Gasteiger partial charge in [0.05, 0.1) is 12.5 Å². The minimum atomic E-state index is -0.920. The zero-order valence-corrected chi connectivity index (χ0v) is 14.6. The molecule has 2 aromatic heterocycles. The number of rotatable bonds is 7. The molecule has 2 unspecified atom stereocenters. The molecule has 1 aliphatic heterocycles. The van der Waals surface area contributed by atoms with Crippen molar-refractivity contribution in [2.24, 2.45) is 0 Å². The second kappa shape index (κ2) is 7.75. The summed E-state index contributed by atoms with van der Waals surface area (Å²) in [5.74, 6) is -0.141. The van der Waals surface area contributed by atoms with E-state index in [0.717, 1.165) is 5.56 Å². The fourth-order valence-corrected chi connectivity index (χ4v) is 3.60. The third kappa shape index (κ3) is 4.23. The molecule has 3 rings (SSSR count). The summed E-state index contributed by atoms with van der Waals surface area (Å²) >= 11 is 1.54. The molecule has 9 heteroatoms. The molecule has 0 aromatic carbocycles. The minimum Gasteiger partial charge on any atom is -0.481 e. The first-order valence-corrected chi connectivity index (χ1v) is 8.90. The number of aryl methyl sites for hydroxylation is 1. The second-order valence-electron chi connectivity index (χ2n) is 5.91. The fraction of sp³-hybridized carbons (Fsp3) is 0.500. The van der Waals surface area contributed by atoms with Gasteiger partial charge in [0.2, 0.25) is 17.6 Å². The molecule has 134 valence electrons. The summed E-state index contributed by atoms with van der Waals surface area (Å²) in [5, 5.41) is 16.8. The first-order valence-electron chi connectivity index (χ1n) is 7.96. The molecule has 1 amide bonds. The van der Waals surface area contributed by atoms with E-state index in [1.54, 1.807) is 23.3 Å². The molecule has 3 heterocycles. The zero-order valence-electron chi connectivity index (χ0n) is 13.8. The normalized spacial score (nSPS) is 20.1. The van der Waals surface area contributed by atoms with Gasteiger partial charge in [-0.3, -0.25) is 9.59 Å². The Bertz CT molecular complexity index is 730. The Morgan fingerprint density at radius 2 is 2.36 bits per heavy atom. The molecule has 1 N–H and O–H groups in total. The van der Waals surface area contributed by atoms with E-state index >= 15 is 0 Å². The maximum absolute atomic E-state index is 12.5. The number of carboxylic acid groups (broad SMARTS) is 1. The second-order valence-corrected chi connectivity index (χ2v) is 6.69. The molecule has 1 aliphatic rings. The van der Waals surface area contributed by atoms with E-state index in [0.29, 0.717) is 31.1 Å². The largest absolute Gasteiger partial charge is 0.481 e. The van der Waals surface area contributed by atoms with Gasteiger partial charge in [-0.1, -0.05) is 5.16 Å². The topological polar surface area (TPSA) is 106 Å². The lowest BCUT2D eigenvalue weighted by Gasteiger charge is -2.22. The third-order valence-electron chi connectivity index (χ3n) is 4.24. The summed E-state index contributed by atoms with van der Waals surface area (Å²) in [6.07, 6.45) is 0.857. The molecule has 0 radical (unpaired) electrons. The maximum atomic E-state index is 12.5. The predicted molar refractivity (Wildman–Crippen MR) is 89.1 cm³/mol. The maximum Gasteiger partial charge on any atom is 0.305 e. The van der Waals surface area contributed by atoms with Crippen molar-refractivity contribution in [2.75, 3.05) is 13.7 Å². The lowest BCUT2D eigenvalue weighted by Crippen LogP contribution is -2.37. The van der Waals surface area contributed by atoms with Gasteiger partial charge in [-0.05, 0) is 17.9 Å². The van der Waals surface area contributed by atoms with Crippen molar-refractivity contribution in [3.05, 3.63) is 22.7 Å². The number of carbonyl (C=O) groups excluding carboxylic acids is 1. The van der Waals surface area contributed by atoms with Crippen LogP contribution in [0.25, 0.3) is 11.4 Å². The molecular weight excluding hydrogens is 346 g/mol. The Hall–Kier alpha value is -2.26. The SMILES string of the molecule is COC1CC(CC(=O)O)N(C(=O)CCc2nc(-c3ccsc3)no2)C1. The van der Waals surface area contributed by atoms with Crippen LogP contribution in [-0.4, -0.2) is 57.8 Å². The number of nitrogens with zero attached hydrogens (tertiary/aromatic N) is 3. The van der Waals surface area contributed by atoms with Gasteiger partial charge >= 0.3 is 5.97 Å². The molecule has 8 nitrogen and oxygen atoms in total. The van der Waals surface area contributed by atoms with Crippen LogP contribution < -0.4 is 0 Å². The van der Waals surface area contributed by atoms with E-state index in [-0.39, 0.29) is 30.9 Å². The van der Waals surface area contributed by atoms with Crippen molar-refractivity contribution < 1.29 is 24.0 Å². The van der Waals surface area contributed by atoms with Gasteiger partial charge in [0, 0.05) is 43.5 Å². The lowest BCUT2D eigenvalue weighted by molar-refractivity contribution is -0.139. The Morgan fingerprint density at radius 1 is 1.52 bits per heavy atom. The Balaban J connectivity index is 1.58. The number of ether oxygens (including phenoxy) is 1. The molecular formula is C16H19N3O5S. The first-order chi connectivity index (χ1) is 12.1. The predicted octanol–water partition coefficient (Wildman–Crippen LogP) is 1.82. The molecule has 2 aromatic rings. The molecule has 1 fully saturated rings. The molecule has 2 atom stereocenters. The number of aliphatic carboxylic acids is 1. The number of hydrogen-bond acceptors (Lipinski definition) is 7. The highest BCUT2D eigenvalue weighted by molar-refractivity contribution is 7.08. The van der Waals surface area contributed by atoms with Crippen LogP contribution in [0.1, 0.15) is 25.2 Å². The average molecular weight is 365 g/mol. The van der Waals surface area contributed by atoms with Crippen molar-refractivity contribution in [1.29, 1.82) is 0 Å². The highest BCUT2D eigenvalue weighted by Crippen LogP contribution is 2.24. The lowest BCUT2D eigenvalue weighted by atomic mass is 10.1. The summed E-state index contributed by atoms with van der Waals surface area (Å²) in [4.78, 5) is 29.4. The highest BCUT2D eigenvalue weighted by atomic mass is 32.1. The van der Waals surface area contributed by atoms with Gasteiger partial charge in [-0.15, -0.1) is 0 Å². The van der Waals surface area contributed by atoms with Crippen molar-refractivity contribution in [2.45, 2.75) is 37.8 Å². The van der Waals surface area contributed by atoms with Gasteiger partial charge in [0.15, 0.2) is 0 Å². The van der Waals surface area contributed by atoms with Crippen LogP contribution in [0.15, 0.2) is 21.3 Å². The summed E-state index contributed by atoms with van der Waals surface area (Å²) in [5.41, 5.74) is 0.885. The first kappa shape index (κ1) is 17.6. The Labute approximate surface area is 148 Å². The number of methoxy groups -OCH3 is 1. The van der Waals surface area contributed by atoms with Gasteiger partial charge in [-0.2, -0.15) is 16.3 Å². The van der Waals surface area contributed by atoms with Crippen LogP contribution >= 0.6 is 11.3 Å². The third-order valence-corrected chi connectivity index (χ3v) is 4.92. The summed E-state index contributed by atoms with van der Waals surface area (Å²) < 4.78 is 10.5. The number of carboxylic acids is 1. The number of aromatic nitrogens is 2. The van der Waals surface area contributed by atoms with Crippen LogP contribution in [0.5, 0.6) is 0 Å². The van der Waals surface area contributed by atoms with Crippen LogP contribution in [0.3, 0.4) is 0 Å². The number of likely N-dealkylation sites (tertiary alicyclic amines) is 1. The van der Waals surface area contributed by atoms with Gasteiger partial charge in [0.25, 0.3) is 0 Å². The average Bonchev–Trinajstić information content (AvgIpc) is 3.31. The van der Waals surface area contributed by atoms with E-state index in [1.807, 2.05) is 16.8 Å². The molecule has 0 bridgehead atoms. The smallest absolute Gasteiger partial charge is 0.305 e. The summed E-state index contributed by atoms with van der Waals surface area (Å²) in [6.45, 7) is 0.414. The number of thiophene rings is 1. The Kier molecular flexibility index (Phi) is 5.44. The molecule has 0 saturated carbocycles. The van der Waals surface area contributed by atoms with Gasteiger partial charge in [0.1, 0.15) is 0 Å². The van der Waals surface area contributed by atoms with Crippen molar-refractivity contribution >= 4 is 23.2 Å². The fourth-order valence-electron chi connectivity index (χ4n) is 2.97. The van der Waals surface area contributed by atoms with E-state index in [2.05, 4.69) is 10.1 Å². The minimum absolute atomic E-state index is 0.0749. The molecule has 1 saturated heterocycles. The summed E-state index contributed by atoms with van der Waals surface area (Å²) in [7, 11) is 1.57. The summed E-state index contributed by atoms with van der Waals surface area (Å²) in [6, 6.07) is 1.56. The van der Waals surface area contributed by atoms with E-state index in [1.165, 1.54) is 0 Å². The standard InChI is InChI=1S/C16H19N3O5S/c1-23-12-6-11(7-15(21)22)19(8-12)14(20)3-2-13-17-16(18-24-13)10-4-5-25-9-10/h4-5,9,11-12H,2-3,6-8H2,1H3,(H,21,22). The van der Waals surface area contributed by atoms with Crippen molar-refractivity contribution in [3.63, 3.8) is 0 Å². The van der Waals surface area contributed by atoms with Crippen LogP contribution in [0.4, 0.5) is 0 Å². The Morgan fingerprint density at radius 3 is 3.04 bits per heavy atom. The molecule has 0 spiro atoms. The van der Waals surface area contributed by atoms with Crippen LogP contribution in [0, 0.1) is 0 Å².